The number of ketones is 1. The summed E-state index contributed by atoms with van der Waals surface area (Å²) in [6.45, 7) is 8.42. The van der Waals surface area contributed by atoms with Gasteiger partial charge < -0.3 is 31.3 Å². The standard InChI is InChI=1S/C11H21N3O5.2C2H6.CH4O/c1-3-9(17)7(5-15)14-10(18)4-13-11(19)8(6-16)12-2;3*1-2/h7-8,12,15-16H,3-6H2,1-2H3,(H,13,19)(H,14,18);2*1-2H3;2H,1H3. The van der Waals surface area contributed by atoms with E-state index in [1.54, 1.807) is 6.92 Å². The molecule has 0 aliphatic rings. The van der Waals surface area contributed by atoms with Gasteiger partial charge in [0.15, 0.2) is 5.78 Å². The van der Waals surface area contributed by atoms with Crippen LogP contribution in [0.4, 0.5) is 0 Å². The van der Waals surface area contributed by atoms with Crippen molar-refractivity contribution in [3.63, 3.8) is 0 Å². The summed E-state index contributed by atoms with van der Waals surface area (Å²) in [6.07, 6.45) is 0.199. The number of aliphatic hydroxyl groups excluding tert-OH is 3. The molecular formula is C16H37N3O6. The van der Waals surface area contributed by atoms with E-state index >= 15 is 0 Å². The van der Waals surface area contributed by atoms with Crippen molar-refractivity contribution >= 4 is 17.6 Å². The lowest BCUT2D eigenvalue weighted by molar-refractivity contribution is -0.130. The molecule has 0 spiro atoms. The highest BCUT2D eigenvalue weighted by Crippen LogP contribution is 1.90. The Kier molecular flexibility index (Phi) is 30.9. The van der Waals surface area contributed by atoms with Crippen molar-refractivity contribution in [3.8, 4) is 0 Å². The highest BCUT2D eigenvalue weighted by atomic mass is 16.3. The molecule has 0 aromatic heterocycles. The van der Waals surface area contributed by atoms with Crippen LogP contribution in [-0.2, 0) is 14.4 Å². The molecule has 0 heterocycles. The van der Waals surface area contributed by atoms with Gasteiger partial charge in [0.05, 0.1) is 19.8 Å². The van der Waals surface area contributed by atoms with E-state index in [9.17, 15) is 14.4 Å². The summed E-state index contributed by atoms with van der Waals surface area (Å²) >= 11 is 0. The van der Waals surface area contributed by atoms with Crippen molar-refractivity contribution in [1.29, 1.82) is 0 Å². The van der Waals surface area contributed by atoms with Crippen molar-refractivity contribution in [1.82, 2.24) is 16.0 Å². The van der Waals surface area contributed by atoms with E-state index < -0.39 is 37.1 Å². The maximum atomic E-state index is 11.5. The fourth-order valence-corrected chi connectivity index (χ4v) is 1.32. The molecule has 152 valence electrons. The second kappa shape index (κ2) is 24.7. The molecule has 0 fully saturated rings. The Morgan fingerprint density at radius 1 is 0.920 bits per heavy atom. The number of carbonyl (C=O) groups is 3. The van der Waals surface area contributed by atoms with Crippen molar-refractivity contribution in [2.75, 3.05) is 33.9 Å². The molecule has 25 heavy (non-hydrogen) atoms. The zero-order chi connectivity index (χ0) is 20.8. The van der Waals surface area contributed by atoms with Gasteiger partial charge in [0.2, 0.25) is 11.8 Å². The predicted octanol–water partition coefficient (Wildman–Crippen LogP) is -1.20. The molecule has 2 amide bonds. The maximum Gasteiger partial charge on any atom is 0.240 e. The summed E-state index contributed by atoms with van der Waals surface area (Å²) in [5.74, 6) is -1.39. The van der Waals surface area contributed by atoms with Gasteiger partial charge in [0.25, 0.3) is 0 Å². The molecular weight excluding hydrogens is 330 g/mol. The van der Waals surface area contributed by atoms with Gasteiger partial charge in [-0.25, -0.2) is 0 Å². The van der Waals surface area contributed by atoms with Crippen LogP contribution >= 0.6 is 0 Å². The molecule has 0 bridgehead atoms. The second-order valence-corrected chi connectivity index (χ2v) is 3.86. The molecule has 2 atom stereocenters. The van der Waals surface area contributed by atoms with E-state index in [0.717, 1.165) is 7.11 Å². The molecule has 0 saturated carbocycles. The van der Waals surface area contributed by atoms with Crippen molar-refractivity contribution < 1.29 is 29.7 Å². The smallest absolute Gasteiger partial charge is 0.240 e. The Labute approximate surface area is 151 Å². The third-order valence-electron chi connectivity index (χ3n) is 2.53. The minimum atomic E-state index is -0.952. The van der Waals surface area contributed by atoms with Gasteiger partial charge >= 0.3 is 0 Å². The summed E-state index contributed by atoms with van der Waals surface area (Å²) in [6, 6.07) is -1.74. The Bertz CT molecular complexity index is 323. The van der Waals surface area contributed by atoms with Gasteiger partial charge in [0.1, 0.15) is 12.1 Å². The Morgan fingerprint density at radius 3 is 1.68 bits per heavy atom. The molecule has 0 aliphatic heterocycles. The second-order valence-electron chi connectivity index (χ2n) is 3.86. The average Bonchev–Trinajstić information content (AvgIpc) is 2.69. The fraction of sp³-hybridized carbons (Fsp3) is 0.812. The third-order valence-corrected chi connectivity index (χ3v) is 2.53. The third kappa shape index (κ3) is 17.1. The summed E-state index contributed by atoms with van der Waals surface area (Å²) in [4.78, 5) is 34.2. The van der Waals surface area contributed by atoms with Crippen molar-refractivity contribution in [2.24, 2.45) is 0 Å². The molecule has 0 aromatic carbocycles. The topological polar surface area (TPSA) is 148 Å². The van der Waals surface area contributed by atoms with E-state index in [2.05, 4.69) is 16.0 Å². The van der Waals surface area contributed by atoms with Crippen LogP contribution in [0.15, 0.2) is 0 Å². The fourth-order valence-electron chi connectivity index (χ4n) is 1.32. The molecule has 6 N–H and O–H groups in total. The van der Waals surface area contributed by atoms with E-state index in [0.29, 0.717) is 0 Å². The summed E-state index contributed by atoms with van der Waals surface area (Å²) in [5.41, 5.74) is 0. The molecule has 2 unspecified atom stereocenters. The number of aliphatic hydroxyl groups is 3. The van der Waals surface area contributed by atoms with E-state index in [1.807, 2.05) is 27.7 Å². The van der Waals surface area contributed by atoms with Crippen LogP contribution in [0.2, 0.25) is 0 Å². The van der Waals surface area contributed by atoms with E-state index in [1.165, 1.54) is 7.05 Å². The van der Waals surface area contributed by atoms with E-state index in [-0.39, 0.29) is 18.7 Å². The number of hydrogen-bond acceptors (Lipinski definition) is 7. The molecule has 9 nitrogen and oxygen atoms in total. The lowest BCUT2D eigenvalue weighted by Crippen LogP contribution is -2.50. The highest BCUT2D eigenvalue weighted by molar-refractivity contribution is 5.91. The first kappa shape index (κ1) is 31.2. The Balaban J connectivity index is -0.000000329. The van der Waals surface area contributed by atoms with Crippen molar-refractivity contribution in [2.45, 2.75) is 53.1 Å². The lowest BCUT2D eigenvalue weighted by Gasteiger charge is -2.16. The molecule has 0 saturated heterocycles. The first-order chi connectivity index (χ1) is 12.0. The van der Waals surface area contributed by atoms with Crippen LogP contribution in [-0.4, -0.2) is 78.9 Å². The largest absolute Gasteiger partial charge is 0.400 e. The first-order valence-electron chi connectivity index (χ1n) is 8.43. The normalized spacial score (nSPS) is 11.0. The quantitative estimate of drug-likeness (QED) is 0.300. The van der Waals surface area contributed by atoms with Crippen LogP contribution in [0.25, 0.3) is 0 Å². The van der Waals surface area contributed by atoms with Crippen LogP contribution in [0.3, 0.4) is 0 Å². The van der Waals surface area contributed by atoms with Crippen LogP contribution in [0.5, 0.6) is 0 Å². The maximum absolute atomic E-state index is 11.5. The van der Waals surface area contributed by atoms with Gasteiger partial charge in [-0.15, -0.1) is 0 Å². The number of hydrogen-bond donors (Lipinski definition) is 6. The SMILES string of the molecule is CC.CC.CCC(=O)C(CO)NC(=O)CNC(=O)C(CO)NC.CO. The van der Waals surface area contributed by atoms with Crippen LogP contribution < -0.4 is 16.0 Å². The zero-order valence-electron chi connectivity index (χ0n) is 16.5. The monoisotopic (exact) mass is 367 g/mol. The number of amides is 2. The highest BCUT2D eigenvalue weighted by Gasteiger charge is 2.19. The molecule has 0 rings (SSSR count). The zero-order valence-corrected chi connectivity index (χ0v) is 16.5. The van der Waals surface area contributed by atoms with E-state index in [4.69, 9.17) is 15.3 Å². The number of Topliss-reactive ketones (excluding diaryl/α,β-unsaturated/α-hetero) is 1. The number of nitrogens with one attached hydrogen (secondary N) is 3. The van der Waals surface area contributed by atoms with Gasteiger partial charge in [-0.2, -0.15) is 0 Å². The first-order valence-corrected chi connectivity index (χ1v) is 8.43. The van der Waals surface area contributed by atoms with Crippen LogP contribution in [0, 0.1) is 0 Å². The summed E-state index contributed by atoms with van der Waals surface area (Å²) < 4.78 is 0. The van der Waals surface area contributed by atoms with Gasteiger partial charge in [0, 0.05) is 13.5 Å². The number of carbonyl (C=O) groups excluding carboxylic acids is 3. The molecule has 0 aromatic rings. The minimum Gasteiger partial charge on any atom is -0.400 e. The summed E-state index contributed by atoms with van der Waals surface area (Å²) in [7, 11) is 2.50. The van der Waals surface area contributed by atoms with Crippen molar-refractivity contribution in [3.05, 3.63) is 0 Å². The lowest BCUT2D eigenvalue weighted by atomic mass is 10.1. The van der Waals surface area contributed by atoms with Gasteiger partial charge in [-0.05, 0) is 7.05 Å². The summed E-state index contributed by atoms with van der Waals surface area (Å²) in [5, 5.41) is 32.0. The number of rotatable bonds is 9. The van der Waals surface area contributed by atoms with Gasteiger partial charge in [-0.1, -0.05) is 34.6 Å². The van der Waals surface area contributed by atoms with Gasteiger partial charge in [-0.3, -0.25) is 14.4 Å². The molecule has 0 radical (unpaired) electrons. The minimum absolute atomic E-state index is 0.199. The Morgan fingerprint density at radius 2 is 1.36 bits per heavy atom. The molecule has 9 heteroatoms. The number of likely N-dealkylation sites (N-methyl/N-ethyl adjacent to an activating group) is 1. The predicted molar refractivity (Wildman–Crippen MR) is 98.1 cm³/mol. The van der Waals surface area contributed by atoms with Crippen LogP contribution in [0.1, 0.15) is 41.0 Å². The average molecular weight is 367 g/mol. The molecule has 0 aliphatic carbocycles. The Hall–Kier alpha value is -1.55.